The summed E-state index contributed by atoms with van der Waals surface area (Å²) in [6, 6.07) is 30.2. The first-order valence-corrected chi connectivity index (χ1v) is 17.3. The number of para-hydroxylation sites is 2. The van der Waals surface area contributed by atoms with Gasteiger partial charge in [0.25, 0.3) is 5.91 Å². The lowest BCUT2D eigenvalue weighted by atomic mass is 10.00. The summed E-state index contributed by atoms with van der Waals surface area (Å²) in [5.74, 6) is -0.0515. The number of unbranched alkanes of at least 4 members (excludes halogenated alkanes) is 2. The van der Waals surface area contributed by atoms with Crippen molar-refractivity contribution < 1.29 is 19.1 Å². The molecule has 48 heavy (non-hydrogen) atoms. The molecule has 0 bridgehead atoms. The number of anilines is 1. The van der Waals surface area contributed by atoms with Crippen molar-refractivity contribution in [3.05, 3.63) is 108 Å². The van der Waals surface area contributed by atoms with Crippen LogP contribution in [0.4, 0.5) is 10.5 Å². The number of benzene rings is 3. The number of piperazine rings is 1. The van der Waals surface area contributed by atoms with Gasteiger partial charge in [0.05, 0.1) is 28.7 Å². The number of epoxide rings is 1. The van der Waals surface area contributed by atoms with E-state index in [1.165, 1.54) is 19.3 Å². The highest BCUT2D eigenvalue weighted by atomic mass is 16.6. The normalized spacial score (nSPS) is 19.2. The molecule has 1 N–H and O–H groups in total. The highest BCUT2D eigenvalue weighted by Crippen LogP contribution is 2.36. The van der Waals surface area contributed by atoms with E-state index in [-0.39, 0.29) is 30.4 Å². The summed E-state index contributed by atoms with van der Waals surface area (Å²) in [4.78, 5) is 31.6. The number of ether oxygens (including phenoxy) is 2. The van der Waals surface area contributed by atoms with Crippen LogP contribution in [0.15, 0.2) is 97.2 Å². The van der Waals surface area contributed by atoms with Crippen molar-refractivity contribution >= 4 is 17.7 Å². The largest absolute Gasteiger partial charge is 0.444 e. The van der Waals surface area contributed by atoms with E-state index in [4.69, 9.17) is 9.47 Å². The number of hydrogen-bond donors (Lipinski definition) is 1. The molecule has 4 aromatic rings. The molecular weight excluding hydrogens is 600 g/mol. The molecule has 2 aliphatic rings. The van der Waals surface area contributed by atoms with Crippen LogP contribution in [0.1, 0.15) is 69.3 Å². The van der Waals surface area contributed by atoms with Crippen molar-refractivity contribution in [3.8, 4) is 16.9 Å². The lowest BCUT2D eigenvalue weighted by Gasteiger charge is -2.42. The Hall–Kier alpha value is -4.56. The molecule has 2 aliphatic heterocycles. The molecular formula is C40H48N4O4. The Morgan fingerprint density at radius 3 is 2.33 bits per heavy atom. The monoisotopic (exact) mass is 648 g/mol. The van der Waals surface area contributed by atoms with Gasteiger partial charge in [-0.1, -0.05) is 99.0 Å². The van der Waals surface area contributed by atoms with Crippen LogP contribution in [0.2, 0.25) is 0 Å². The fourth-order valence-corrected chi connectivity index (χ4v) is 6.57. The Balaban J connectivity index is 1.32. The van der Waals surface area contributed by atoms with Crippen LogP contribution in [0.3, 0.4) is 0 Å². The minimum absolute atomic E-state index is 0.0140. The zero-order valence-electron chi connectivity index (χ0n) is 28.6. The highest BCUT2D eigenvalue weighted by Gasteiger charge is 2.39. The molecule has 3 unspecified atom stereocenters. The summed E-state index contributed by atoms with van der Waals surface area (Å²) in [7, 11) is 0. The predicted molar refractivity (Wildman–Crippen MR) is 190 cm³/mol. The SMILES string of the molecule is CCCCCC1OC1Nc1ccccc1-n1ccc(C(=O)N2CCN(C(=O)OC(C)(C)C)CC2Cc2ccccc2)c1-c1ccccc1. The van der Waals surface area contributed by atoms with Crippen LogP contribution >= 0.6 is 0 Å². The van der Waals surface area contributed by atoms with E-state index in [0.29, 0.717) is 31.6 Å². The molecule has 6 rings (SSSR count). The molecule has 1 aromatic heterocycles. The molecule has 0 aliphatic carbocycles. The van der Waals surface area contributed by atoms with Crippen LogP contribution in [-0.4, -0.2) is 70.0 Å². The highest BCUT2D eigenvalue weighted by molar-refractivity contribution is 6.01. The third kappa shape index (κ3) is 7.93. The van der Waals surface area contributed by atoms with Crippen molar-refractivity contribution in [3.63, 3.8) is 0 Å². The number of nitrogens with zero attached hydrogens (tertiary/aromatic N) is 3. The summed E-state index contributed by atoms with van der Waals surface area (Å²) in [5, 5.41) is 3.62. The van der Waals surface area contributed by atoms with Gasteiger partial charge in [-0.25, -0.2) is 4.79 Å². The summed E-state index contributed by atoms with van der Waals surface area (Å²) >= 11 is 0. The summed E-state index contributed by atoms with van der Waals surface area (Å²) in [6.45, 7) is 9.04. The van der Waals surface area contributed by atoms with Gasteiger partial charge in [0.2, 0.25) is 0 Å². The fraction of sp³-hybridized carbons (Fsp3) is 0.400. The van der Waals surface area contributed by atoms with Gasteiger partial charge >= 0.3 is 6.09 Å². The number of carbonyl (C=O) groups excluding carboxylic acids is 2. The average molecular weight is 649 g/mol. The second kappa shape index (κ2) is 14.7. The van der Waals surface area contributed by atoms with E-state index in [0.717, 1.165) is 34.6 Å². The molecule has 2 saturated heterocycles. The number of aromatic nitrogens is 1. The molecule has 3 heterocycles. The quantitative estimate of drug-likeness (QED) is 0.131. The van der Waals surface area contributed by atoms with Crippen molar-refractivity contribution in [1.82, 2.24) is 14.4 Å². The third-order valence-electron chi connectivity index (χ3n) is 9.01. The molecule has 0 saturated carbocycles. The Bertz CT molecular complexity index is 1680. The fourth-order valence-electron chi connectivity index (χ4n) is 6.57. The van der Waals surface area contributed by atoms with Gasteiger partial charge in [-0.05, 0) is 62.9 Å². The minimum Gasteiger partial charge on any atom is -0.444 e. The molecule has 252 valence electrons. The predicted octanol–water partition coefficient (Wildman–Crippen LogP) is 8.17. The van der Waals surface area contributed by atoms with Crippen LogP contribution in [0.5, 0.6) is 0 Å². The molecule has 2 amide bonds. The van der Waals surface area contributed by atoms with Gasteiger partial charge in [-0.15, -0.1) is 0 Å². The second-order valence-electron chi connectivity index (χ2n) is 13.8. The zero-order valence-corrected chi connectivity index (χ0v) is 28.6. The van der Waals surface area contributed by atoms with Crippen molar-refractivity contribution in [1.29, 1.82) is 0 Å². The first-order valence-electron chi connectivity index (χ1n) is 17.3. The molecule has 0 radical (unpaired) electrons. The standard InChI is InChI=1S/C40H48N4O4/c1-5-6-9-22-35-37(47-35)41-33-20-14-15-21-34(33)44-24-23-32(36(44)30-18-12-8-13-19-30)38(45)43-26-25-42(39(46)48-40(2,3)4)28-31(43)27-29-16-10-7-11-17-29/h7-8,10-21,23-24,31,35,37,41H,5-6,9,22,25-28H2,1-4H3. The van der Waals surface area contributed by atoms with Crippen molar-refractivity contribution in [2.45, 2.75) is 83.8 Å². The van der Waals surface area contributed by atoms with Gasteiger partial charge in [-0.2, -0.15) is 0 Å². The van der Waals surface area contributed by atoms with Gasteiger partial charge in [0, 0.05) is 25.8 Å². The molecule has 3 atom stereocenters. The van der Waals surface area contributed by atoms with Crippen molar-refractivity contribution in [2.24, 2.45) is 0 Å². The van der Waals surface area contributed by atoms with Gasteiger partial charge in [0.15, 0.2) is 6.23 Å². The van der Waals surface area contributed by atoms with Gasteiger partial charge in [0.1, 0.15) is 11.7 Å². The maximum atomic E-state index is 14.7. The van der Waals surface area contributed by atoms with Crippen LogP contribution < -0.4 is 5.32 Å². The smallest absolute Gasteiger partial charge is 0.410 e. The second-order valence-corrected chi connectivity index (χ2v) is 13.8. The minimum atomic E-state index is -0.598. The maximum absolute atomic E-state index is 14.7. The van der Waals surface area contributed by atoms with E-state index >= 15 is 0 Å². The topological polar surface area (TPSA) is 79.3 Å². The molecule has 0 spiro atoms. The Labute approximate surface area is 284 Å². The van der Waals surface area contributed by atoms with E-state index in [1.807, 2.05) is 98.6 Å². The molecule has 8 nitrogen and oxygen atoms in total. The van der Waals surface area contributed by atoms with E-state index in [1.54, 1.807) is 4.90 Å². The lowest BCUT2D eigenvalue weighted by Crippen LogP contribution is -2.57. The van der Waals surface area contributed by atoms with Crippen LogP contribution in [0, 0.1) is 0 Å². The zero-order chi connectivity index (χ0) is 33.7. The van der Waals surface area contributed by atoms with Crippen LogP contribution in [-0.2, 0) is 15.9 Å². The van der Waals surface area contributed by atoms with E-state index in [2.05, 4.69) is 41.1 Å². The first-order chi connectivity index (χ1) is 23.2. The Kier molecular flexibility index (Phi) is 10.2. The van der Waals surface area contributed by atoms with E-state index < -0.39 is 5.60 Å². The number of rotatable bonds is 11. The first kappa shape index (κ1) is 33.3. The third-order valence-corrected chi connectivity index (χ3v) is 9.01. The number of carbonyl (C=O) groups is 2. The van der Waals surface area contributed by atoms with Gasteiger partial charge < -0.3 is 29.2 Å². The Morgan fingerprint density at radius 1 is 0.896 bits per heavy atom. The molecule has 2 fully saturated rings. The lowest BCUT2D eigenvalue weighted by molar-refractivity contribution is 0.00440. The number of nitrogens with one attached hydrogen (secondary N) is 1. The van der Waals surface area contributed by atoms with Crippen molar-refractivity contribution in [2.75, 3.05) is 25.0 Å². The summed E-state index contributed by atoms with van der Waals surface area (Å²) in [6.07, 6.45) is 7.10. The Morgan fingerprint density at radius 2 is 1.60 bits per heavy atom. The number of hydrogen-bond acceptors (Lipinski definition) is 5. The average Bonchev–Trinajstić information content (AvgIpc) is 3.66. The molecule has 8 heteroatoms. The summed E-state index contributed by atoms with van der Waals surface area (Å²) < 4.78 is 13.8. The van der Waals surface area contributed by atoms with E-state index in [9.17, 15) is 9.59 Å². The maximum Gasteiger partial charge on any atom is 0.410 e. The van der Waals surface area contributed by atoms with Gasteiger partial charge in [-0.3, -0.25) is 4.79 Å². The number of amides is 2. The summed E-state index contributed by atoms with van der Waals surface area (Å²) in [5.41, 5.74) is 4.84. The van der Waals surface area contributed by atoms with Crippen LogP contribution in [0.25, 0.3) is 16.9 Å². The molecule has 3 aromatic carbocycles.